The van der Waals surface area contributed by atoms with Crippen molar-refractivity contribution in [1.29, 1.82) is 0 Å². The minimum atomic E-state index is -0.101. The van der Waals surface area contributed by atoms with E-state index in [1.807, 2.05) is 30.5 Å². The maximum absolute atomic E-state index is 12.8. The smallest absolute Gasteiger partial charge is 0.251 e. The number of amides is 1. The molecule has 6 nitrogen and oxygen atoms in total. The summed E-state index contributed by atoms with van der Waals surface area (Å²) in [6, 6.07) is 21.8. The van der Waals surface area contributed by atoms with E-state index >= 15 is 0 Å². The first-order chi connectivity index (χ1) is 15.2. The van der Waals surface area contributed by atoms with Crippen LogP contribution in [-0.2, 0) is 0 Å². The molecule has 4 rings (SSSR count). The number of methoxy groups -OCH3 is 1. The maximum Gasteiger partial charge on any atom is 0.251 e. The van der Waals surface area contributed by atoms with Crippen molar-refractivity contribution in [2.45, 2.75) is 6.04 Å². The number of ether oxygens (including phenoxy) is 1. The van der Waals surface area contributed by atoms with Crippen molar-refractivity contribution in [3.8, 4) is 5.75 Å². The van der Waals surface area contributed by atoms with Crippen molar-refractivity contribution >= 4 is 11.6 Å². The van der Waals surface area contributed by atoms with E-state index in [-0.39, 0.29) is 11.9 Å². The number of anilines is 1. The number of carbonyl (C=O) groups is 1. The molecule has 0 bridgehead atoms. The van der Waals surface area contributed by atoms with Crippen LogP contribution in [0.4, 0.5) is 5.69 Å². The predicted molar refractivity (Wildman–Crippen MR) is 123 cm³/mol. The molecule has 1 aromatic heterocycles. The average Bonchev–Trinajstić information content (AvgIpc) is 2.85. The first kappa shape index (κ1) is 20.9. The van der Waals surface area contributed by atoms with Gasteiger partial charge in [0, 0.05) is 56.4 Å². The SMILES string of the molecule is COc1cccc(C(=O)NC[C@H](c2cccnc2)N2CCN(c3ccccc3)CC2)c1. The standard InChI is InChI=1S/C25H28N4O2/c1-31-23-11-5-7-20(17-23)25(30)27-19-24(21-8-6-12-26-18-21)29-15-13-28(14-16-29)22-9-3-2-4-10-22/h2-12,17-18,24H,13-16,19H2,1H3,(H,27,30)/t24-/m1/s1. The molecule has 1 atom stereocenters. The van der Waals surface area contributed by atoms with Crippen molar-refractivity contribution < 1.29 is 9.53 Å². The van der Waals surface area contributed by atoms with Gasteiger partial charge in [-0.05, 0) is 42.0 Å². The lowest BCUT2D eigenvalue weighted by Gasteiger charge is -2.40. The van der Waals surface area contributed by atoms with Gasteiger partial charge < -0.3 is 15.0 Å². The number of hydrogen-bond donors (Lipinski definition) is 1. The Kier molecular flexibility index (Phi) is 6.79. The Balaban J connectivity index is 1.44. The number of nitrogens with zero attached hydrogens (tertiary/aromatic N) is 3. The third-order valence-electron chi connectivity index (χ3n) is 5.73. The summed E-state index contributed by atoms with van der Waals surface area (Å²) < 4.78 is 5.24. The largest absolute Gasteiger partial charge is 0.497 e. The molecule has 3 aromatic rings. The Morgan fingerprint density at radius 3 is 2.55 bits per heavy atom. The summed E-state index contributed by atoms with van der Waals surface area (Å²) in [5, 5.41) is 3.11. The molecule has 1 aliphatic heterocycles. The third kappa shape index (κ3) is 5.22. The zero-order valence-corrected chi connectivity index (χ0v) is 17.8. The molecule has 31 heavy (non-hydrogen) atoms. The number of para-hydroxylation sites is 1. The van der Waals surface area contributed by atoms with E-state index in [1.54, 1.807) is 25.4 Å². The molecule has 0 radical (unpaired) electrons. The van der Waals surface area contributed by atoms with Gasteiger partial charge in [0.2, 0.25) is 0 Å². The quantitative estimate of drug-likeness (QED) is 0.640. The van der Waals surface area contributed by atoms with E-state index < -0.39 is 0 Å². The monoisotopic (exact) mass is 416 g/mol. The summed E-state index contributed by atoms with van der Waals surface area (Å²) in [6.07, 6.45) is 3.68. The van der Waals surface area contributed by atoms with E-state index in [0.717, 1.165) is 31.7 Å². The topological polar surface area (TPSA) is 57.7 Å². The second-order valence-electron chi connectivity index (χ2n) is 7.60. The van der Waals surface area contributed by atoms with Crippen LogP contribution in [0.3, 0.4) is 0 Å². The fourth-order valence-corrected chi connectivity index (χ4v) is 4.02. The number of piperazine rings is 1. The van der Waals surface area contributed by atoms with E-state index in [4.69, 9.17) is 4.74 Å². The Morgan fingerprint density at radius 1 is 1.03 bits per heavy atom. The highest BCUT2D eigenvalue weighted by atomic mass is 16.5. The predicted octanol–water partition coefficient (Wildman–Crippen LogP) is 3.38. The fraction of sp³-hybridized carbons (Fsp3) is 0.280. The van der Waals surface area contributed by atoms with Gasteiger partial charge in [0.15, 0.2) is 0 Å². The van der Waals surface area contributed by atoms with Gasteiger partial charge in [0.05, 0.1) is 13.2 Å². The van der Waals surface area contributed by atoms with Gasteiger partial charge in [0.25, 0.3) is 5.91 Å². The van der Waals surface area contributed by atoms with Crippen LogP contribution < -0.4 is 15.0 Å². The van der Waals surface area contributed by atoms with Gasteiger partial charge in [-0.2, -0.15) is 0 Å². The van der Waals surface area contributed by atoms with Crippen molar-refractivity contribution in [2.75, 3.05) is 44.7 Å². The number of carbonyl (C=O) groups excluding carboxylic acids is 1. The van der Waals surface area contributed by atoms with E-state index in [1.165, 1.54) is 5.69 Å². The van der Waals surface area contributed by atoms with E-state index in [0.29, 0.717) is 17.9 Å². The lowest BCUT2D eigenvalue weighted by molar-refractivity contribution is 0.0929. The minimum Gasteiger partial charge on any atom is -0.497 e. The van der Waals surface area contributed by atoms with Gasteiger partial charge in [-0.25, -0.2) is 0 Å². The molecule has 1 fully saturated rings. The average molecular weight is 417 g/mol. The Labute approximate surface area is 183 Å². The molecule has 0 saturated carbocycles. The summed E-state index contributed by atoms with van der Waals surface area (Å²) in [6.45, 7) is 4.26. The number of hydrogen-bond acceptors (Lipinski definition) is 5. The zero-order valence-electron chi connectivity index (χ0n) is 17.8. The van der Waals surface area contributed by atoms with Gasteiger partial charge in [0.1, 0.15) is 5.75 Å². The van der Waals surface area contributed by atoms with Crippen LogP contribution in [0.1, 0.15) is 22.0 Å². The fourth-order valence-electron chi connectivity index (χ4n) is 4.02. The first-order valence-corrected chi connectivity index (χ1v) is 10.6. The van der Waals surface area contributed by atoms with Gasteiger partial charge in [-0.3, -0.25) is 14.7 Å². The van der Waals surface area contributed by atoms with Crippen LogP contribution >= 0.6 is 0 Å². The Hall–Kier alpha value is -3.38. The molecule has 0 aliphatic carbocycles. The van der Waals surface area contributed by atoms with Crippen LogP contribution in [0.5, 0.6) is 5.75 Å². The van der Waals surface area contributed by atoms with Crippen LogP contribution in [0.15, 0.2) is 79.1 Å². The molecule has 0 spiro atoms. The van der Waals surface area contributed by atoms with Gasteiger partial charge >= 0.3 is 0 Å². The Bertz CT molecular complexity index is 973. The molecule has 6 heteroatoms. The van der Waals surface area contributed by atoms with E-state index in [2.05, 4.69) is 50.4 Å². The van der Waals surface area contributed by atoms with Crippen molar-refractivity contribution in [1.82, 2.24) is 15.2 Å². The van der Waals surface area contributed by atoms with Gasteiger partial charge in [-0.15, -0.1) is 0 Å². The molecule has 1 saturated heterocycles. The summed E-state index contributed by atoms with van der Waals surface area (Å²) in [5.41, 5.74) is 2.96. The van der Waals surface area contributed by atoms with Crippen LogP contribution in [0, 0.1) is 0 Å². The lowest BCUT2D eigenvalue weighted by atomic mass is 10.1. The van der Waals surface area contributed by atoms with Crippen LogP contribution in [0.25, 0.3) is 0 Å². The lowest BCUT2D eigenvalue weighted by Crippen LogP contribution is -2.50. The highest BCUT2D eigenvalue weighted by molar-refractivity contribution is 5.94. The second-order valence-corrected chi connectivity index (χ2v) is 7.60. The third-order valence-corrected chi connectivity index (χ3v) is 5.73. The highest BCUT2D eigenvalue weighted by Gasteiger charge is 2.26. The van der Waals surface area contributed by atoms with Crippen molar-refractivity contribution in [3.05, 3.63) is 90.3 Å². The number of aromatic nitrogens is 1. The van der Waals surface area contributed by atoms with Crippen molar-refractivity contribution in [2.24, 2.45) is 0 Å². The second kappa shape index (κ2) is 10.1. The molecular weight excluding hydrogens is 388 g/mol. The number of pyridine rings is 1. The molecular formula is C25H28N4O2. The van der Waals surface area contributed by atoms with Crippen LogP contribution in [0.2, 0.25) is 0 Å². The van der Waals surface area contributed by atoms with E-state index in [9.17, 15) is 4.79 Å². The maximum atomic E-state index is 12.8. The van der Waals surface area contributed by atoms with Gasteiger partial charge in [-0.1, -0.05) is 30.3 Å². The molecule has 2 aromatic carbocycles. The summed E-state index contributed by atoms with van der Waals surface area (Å²) in [5.74, 6) is 0.573. The molecule has 0 unspecified atom stereocenters. The number of nitrogens with one attached hydrogen (secondary N) is 1. The normalized spacial score (nSPS) is 15.3. The molecule has 2 heterocycles. The highest BCUT2D eigenvalue weighted by Crippen LogP contribution is 2.23. The molecule has 1 aliphatic rings. The summed E-state index contributed by atoms with van der Waals surface area (Å²) in [7, 11) is 1.60. The zero-order chi connectivity index (χ0) is 21.5. The van der Waals surface area contributed by atoms with Crippen molar-refractivity contribution in [3.63, 3.8) is 0 Å². The van der Waals surface area contributed by atoms with Crippen LogP contribution in [-0.4, -0.2) is 55.6 Å². The molecule has 1 N–H and O–H groups in total. The Morgan fingerprint density at radius 2 is 1.84 bits per heavy atom. The molecule has 1 amide bonds. The molecule has 160 valence electrons. The summed E-state index contributed by atoms with van der Waals surface area (Å²) >= 11 is 0. The first-order valence-electron chi connectivity index (χ1n) is 10.6. The number of rotatable bonds is 7. The minimum absolute atomic E-state index is 0.0705. The number of benzene rings is 2. The summed E-state index contributed by atoms with van der Waals surface area (Å²) in [4.78, 5) is 21.9.